The Balaban J connectivity index is 1.41. The number of phenols is 1. The Morgan fingerprint density at radius 1 is 1.16 bits per heavy atom. The Morgan fingerprint density at radius 3 is 2.62 bits per heavy atom. The molecule has 8 heteroatoms. The number of rotatable bonds is 6. The Bertz CT molecular complexity index is 1280. The van der Waals surface area contributed by atoms with E-state index < -0.39 is 19.0 Å². The van der Waals surface area contributed by atoms with E-state index >= 15 is 0 Å². The predicted molar refractivity (Wildman–Crippen MR) is 145 cm³/mol. The van der Waals surface area contributed by atoms with Crippen LogP contribution < -0.4 is 4.90 Å². The second-order valence-corrected chi connectivity index (χ2v) is 10.7. The van der Waals surface area contributed by atoms with E-state index in [1.807, 2.05) is 31.2 Å². The van der Waals surface area contributed by atoms with Gasteiger partial charge in [0.05, 0.1) is 28.6 Å². The summed E-state index contributed by atoms with van der Waals surface area (Å²) in [4.78, 5) is 28.4. The fourth-order valence-corrected chi connectivity index (χ4v) is 6.49. The Labute approximate surface area is 222 Å². The summed E-state index contributed by atoms with van der Waals surface area (Å²) < 4.78 is 6.05. The van der Waals surface area contributed by atoms with Crippen LogP contribution in [0.1, 0.15) is 45.1 Å². The summed E-state index contributed by atoms with van der Waals surface area (Å²) in [5.41, 5.74) is 4.78. The quantitative estimate of drug-likeness (QED) is 0.293. The maximum Gasteiger partial charge on any atom is 0.455 e. The molecule has 2 aromatic rings. The molecule has 0 aromatic heterocycles. The van der Waals surface area contributed by atoms with Crippen LogP contribution in [0.15, 0.2) is 65.3 Å². The van der Waals surface area contributed by atoms with Crippen LogP contribution in [0.4, 0.5) is 5.69 Å². The summed E-state index contributed by atoms with van der Waals surface area (Å²) in [6.45, 7) is 4.10. The molecule has 2 fully saturated rings. The summed E-state index contributed by atoms with van der Waals surface area (Å²) in [5, 5.41) is 20.8. The molecule has 0 unspecified atom stereocenters. The monoisotopic (exact) mass is 519 g/mol. The van der Waals surface area contributed by atoms with Crippen LogP contribution in [0.3, 0.4) is 0 Å². The van der Waals surface area contributed by atoms with Gasteiger partial charge < -0.3 is 14.8 Å². The molecule has 192 valence electrons. The van der Waals surface area contributed by atoms with Gasteiger partial charge in [0.1, 0.15) is 5.75 Å². The molecule has 0 saturated carbocycles. The number of fused-ring (bicyclic) bond motifs is 3. The van der Waals surface area contributed by atoms with Gasteiger partial charge in [0.25, 0.3) is 0 Å². The van der Waals surface area contributed by atoms with Gasteiger partial charge in [-0.1, -0.05) is 53.9 Å². The number of allylic oxidation sites excluding steroid dienone is 2. The van der Waals surface area contributed by atoms with Crippen molar-refractivity contribution in [2.45, 2.75) is 52.0 Å². The van der Waals surface area contributed by atoms with E-state index in [9.17, 15) is 19.7 Å². The number of carbonyl (C=O) groups excluding carboxylic acids is 2. The lowest BCUT2D eigenvalue weighted by Crippen LogP contribution is -2.46. The van der Waals surface area contributed by atoms with Crippen LogP contribution in [0.25, 0.3) is 6.08 Å². The van der Waals surface area contributed by atoms with Crippen molar-refractivity contribution in [1.29, 1.82) is 0 Å². The van der Waals surface area contributed by atoms with E-state index in [4.69, 9.17) is 16.3 Å². The Morgan fingerprint density at radius 2 is 1.92 bits per heavy atom. The summed E-state index contributed by atoms with van der Waals surface area (Å²) in [6, 6.07) is 14.0. The second kappa shape index (κ2) is 10.5. The highest BCUT2D eigenvalue weighted by molar-refractivity contribution is 6.43. The molecule has 2 saturated heterocycles. The summed E-state index contributed by atoms with van der Waals surface area (Å²) >= 11 is 6.27. The number of para-hydroxylation sites is 1. The van der Waals surface area contributed by atoms with Gasteiger partial charge >= 0.3 is 7.12 Å². The van der Waals surface area contributed by atoms with Gasteiger partial charge in [-0.05, 0) is 86.3 Å². The molecule has 0 spiro atoms. The van der Waals surface area contributed by atoms with E-state index in [0.717, 1.165) is 23.1 Å². The first-order chi connectivity index (χ1) is 17.8. The topological polar surface area (TPSA) is 87.1 Å². The number of benzene rings is 2. The molecule has 5 rings (SSSR count). The van der Waals surface area contributed by atoms with Gasteiger partial charge in [-0.15, -0.1) is 0 Å². The van der Waals surface area contributed by atoms with Crippen LogP contribution in [-0.4, -0.2) is 35.2 Å². The number of nitrogens with zero attached hydrogens (tertiary/aromatic N) is 1. The molecule has 0 radical (unpaired) electrons. The predicted octanol–water partition coefficient (Wildman–Crippen LogP) is 5.64. The number of anilines is 1. The highest BCUT2D eigenvalue weighted by Crippen LogP contribution is 2.51. The van der Waals surface area contributed by atoms with Crippen LogP contribution in [-0.2, 0) is 14.2 Å². The van der Waals surface area contributed by atoms with Crippen molar-refractivity contribution in [3.63, 3.8) is 0 Å². The third kappa shape index (κ3) is 4.88. The molecule has 6 nitrogen and oxygen atoms in total. The van der Waals surface area contributed by atoms with Crippen LogP contribution in [0.2, 0.25) is 11.3 Å². The van der Waals surface area contributed by atoms with Gasteiger partial charge in [-0.25, -0.2) is 0 Å². The van der Waals surface area contributed by atoms with Gasteiger partial charge in [0.15, 0.2) is 0 Å². The third-order valence-corrected chi connectivity index (χ3v) is 8.26. The number of imide groups is 1. The van der Waals surface area contributed by atoms with E-state index in [1.54, 1.807) is 24.3 Å². The molecule has 37 heavy (non-hydrogen) atoms. The third-order valence-electron chi connectivity index (χ3n) is 7.94. The molecular formula is C29H31BClNO5. The average Bonchev–Trinajstić information content (AvgIpc) is 3.13. The highest BCUT2D eigenvalue weighted by atomic mass is 35.5. The molecular weight excluding hydrogens is 489 g/mol. The van der Waals surface area contributed by atoms with Crippen LogP contribution >= 0.6 is 11.6 Å². The minimum absolute atomic E-state index is 0.121. The number of aromatic hydroxyl groups is 1. The number of hydrogen-bond donors (Lipinski definition) is 2. The maximum atomic E-state index is 13.7. The van der Waals surface area contributed by atoms with Crippen molar-refractivity contribution in [2.24, 2.45) is 17.8 Å². The molecule has 2 amide bonds. The molecule has 2 heterocycles. The van der Waals surface area contributed by atoms with Gasteiger partial charge in [0.2, 0.25) is 11.8 Å². The van der Waals surface area contributed by atoms with E-state index in [2.05, 4.69) is 6.92 Å². The van der Waals surface area contributed by atoms with Crippen molar-refractivity contribution in [3.8, 4) is 5.75 Å². The zero-order chi connectivity index (χ0) is 26.3. The highest BCUT2D eigenvalue weighted by Gasteiger charge is 2.57. The van der Waals surface area contributed by atoms with Gasteiger partial charge in [-0.3, -0.25) is 14.5 Å². The number of carbonyl (C=O) groups is 2. The Hall–Kier alpha value is -2.87. The van der Waals surface area contributed by atoms with Crippen LogP contribution in [0, 0.1) is 17.8 Å². The molecule has 3 aliphatic rings. The standard InChI is InChI=1S/C29H31BClNO5/c1-3-18-14-22-27(29(35)32(28(22)34)20-7-5-4-6-8-20)23-16-30(36)37-25(26(18)23)12-9-17(2)13-19-10-11-21(33)15-24(19)31/h4-8,10-11,13,15,22-23,25,27,33,36H,3,9,12,14,16H2,1-2H3/b17-13+/t22-,23+,25-,27-/m1/s1. The van der Waals surface area contributed by atoms with Crippen molar-refractivity contribution < 1.29 is 24.4 Å². The zero-order valence-electron chi connectivity index (χ0n) is 21.1. The normalized spacial score (nSPS) is 26.0. The molecule has 2 aromatic carbocycles. The zero-order valence-corrected chi connectivity index (χ0v) is 21.8. The lowest BCUT2D eigenvalue weighted by atomic mass is 9.58. The van der Waals surface area contributed by atoms with Crippen molar-refractivity contribution in [3.05, 3.63) is 75.8 Å². The molecule has 1 aliphatic carbocycles. The Kier molecular flexibility index (Phi) is 7.30. The first-order valence-corrected chi connectivity index (χ1v) is 13.3. The SMILES string of the molecule is CCC1=C2[C@@H](CC/C(C)=C/c3ccc(O)cc3Cl)OB(O)C[C@@H]2[C@@H]2C(=O)N(c3ccccc3)C(=O)[C@@H]2C1. The van der Waals surface area contributed by atoms with Crippen molar-refractivity contribution in [2.75, 3.05) is 4.90 Å². The van der Waals surface area contributed by atoms with Gasteiger partial charge in [0, 0.05) is 0 Å². The molecule has 4 atom stereocenters. The summed E-state index contributed by atoms with van der Waals surface area (Å²) in [5.74, 6) is -1.30. The van der Waals surface area contributed by atoms with E-state index in [0.29, 0.717) is 36.3 Å². The average molecular weight is 520 g/mol. The van der Waals surface area contributed by atoms with Crippen molar-refractivity contribution >= 4 is 42.3 Å². The lowest BCUT2D eigenvalue weighted by molar-refractivity contribution is -0.122. The second-order valence-electron chi connectivity index (χ2n) is 10.3. The maximum absolute atomic E-state index is 13.7. The smallest absolute Gasteiger partial charge is 0.455 e. The lowest BCUT2D eigenvalue weighted by Gasteiger charge is -2.43. The number of amides is 2. The van der Waals surface area contributed by atoms with E-state index in [-0.39, 0.29) is 29.6 Å². The van der Waals surface area contributed by atoms with Crippen molar-refractivity contribution in [1.82, 2.24) is 0 Å². The van der Waals surface area contributed by atoms with E-state index in [1.165, 1.54) is 16.5 Å². The number of halogens is 1. The largest absolute Gasteiger partial charge is 0.508 e. The first kappa shape index (κ1) is 25.8. The summed E-state index contributed by atoms with van der Waals surface area (Å²) in [7, 11) is -0.986. The fourth-order valence-electron chi connectivity index (χ4n) is 6.26. The summed E-state index contributed by atoms with van der Waals surface area (Å²) in [6.07, 6.45) is 4.66. The van der Waals surface area contributed by atoms with Crippen LogP contribution in [0.5, 0.6) is 5.75 Å². The van der Waals surface area contributed by atoms with Gasteiger partial charge in [-0.2, -0.15) is 0 Å². The number of phenolic OH excluding ortho intramolecular Hbond substituents is 1. The first-order valence-electron chi connectivity index (χ1n) is 12.9. The number of hydrogen-bond acceptors (Lipinski definition) is 5. The molecule has 2 N–H and O–H groups in total. The molecule has 2 aliphatic heterocycles. The minimum atomic E-state index is -0.986. The molecule has 0 bridgehead atoms. The minimum Gasteiger partial charge on any atom is -0.508 e. The fraction of sp³-hybridized carbons (Fsp3) is 0.379.